The van der Waals surface area contributed by atoms with Gasteiger partial charge in [0, 0.05) is 35.9 Å². The predicted octanol–water partition coefficient (Wildman–Crippen LogP) is 4.17. The van der Waals surface area contributed by atoms with E-state index in [2.05, 4.69) is 66.3 Å². The van der Waals surface area contributed by atoms with Crippen LogP contribution in [0, 0.1) is 13.8 Å². The molecule has 1 atom stereocenters. The van der Waals surface area contributed by atoms with Gasteiger partial charge in [0.25, 0.3) is 0 Å². The minimum absolute atomic E-state index is 0.271. The molecule has 0 amide bonds. The van der Waals surface area contributed by atoms with Gasteiger partial charge in [0.05, 0.1) is 5.69 Å². The van der Waals surface area contributed by atoms with Gasteiger partial charge in [-0.15, -0.1) is 0 Å². The lowest BCUT2D eigenvalue weighted by Gasteiger charge is -2.28. The number of nitrogens with zero attached hydrogens (tertiary/aromatic N) is 3. The highest BCUT2D eigenvalue weighted by Crippen LogP contribution is 2.38. The highest BCUT2D eigenvalue weighted by molar-refractivity contribution is 6.08. The number of rotatable bonds is 1. The molecular weight excluding hydrogens is 274 g/mol. The molecule has 22 heavy (non-hydrogen) atoms. The second-order valence-corrected chi connectivity index (χ2v) is 6.02. The van der Waals surface area contributed by atoms with Crippen molar-refractivity contribution in [3.63, 3.8) is 0 Å². The summed E-state index contributed by atoms with van der Waals surface area (Å²) in [7, 11) is 2.08. The maximum Gasteiger partial charge on any atom is 0.227 e. The number of pyridine rings is 1. The van der Waals surface area contributed by atoms with E-state index in [4.69, 9.17) is 4.42 Å². The first-order valence-electron chi connectivity index (χ1n) is 7.54. The Morgan fingerprint density at radius 2 is 1.82 bits per heavy atom. The Morgan fingerprint density at radius 1 is 1.05 bits per heavy atom. The quantitative estimate of drug-likeness (QED) is 0.674. The number of aryl methyl sites for hydroxylation is 2. The fraction of sp³-hybridized carbons (Fsp3) is 0.278. The van der Waals surface area contributed by atoms with Crippen molar-refractivity contribution in [2.24, 2.45) is 0 Å². The third-order valence-electron chi connectivity index (χ3n) is 4.53. The molecular formula is C18H19N3O. The summed E-state index contributed by atoms with van der Waals surface area (Å²) in [6.07, 6.45) is 4.47. The van der Waals surface area contributed by atoms with Gasteiger partial charge < -0.3 is 14.2 Å². The predicted molar refractivity (Wildman–Crippen MR) is 89.8 cm³/mol. The first-order valence-corrected chi connectivity index (χ1v) is 7.54. The zero-order valence-electron chi connectivity index (χ0n) is 13.3. The molecule has 1 aliphatic rings. The summed E-state index contributed by atoms with van der Waals surface area (Å²) in [5.41, 5.74) is 4.93. The Bertz CT molecular complexity index is 909. The Hall–Kier alpha value is -2.49. The van der Waals surface area contributed by atoms with Crippen LogP contribution in [0.1, 0.15) is 18.2 Å². The van der Waals surface area contributed by atoms with Crippen LogP contribution in [0.25, 0.3) is 22.1 Å². The molecule has 1 aliphatic heterocycles. The van der Waals surface area contributed by atoms with Crippen LogP contribution < -0.4 is 4.90 Å². The molecule has 0 unspecified atom stereocenters. The molecule has 0 spiro atoms. The average molecular weight is 293 g/mol. The second kappa shape index (κ2) is 4.50. The summed E-state index contributed by atoms with van der Waals surface area (Å²) in [4.78, 5) is 8.97. The maximum atomic E-state index is 6.14. The maximum absolute atomic E-state index is 6.14. The number of fused-ring (bicyclic) bond motifs is 3. The molecule has 0 radical (unpaired) electrons. The van der Waals surface area contributed by atoms with Crippen LogP contribution in [0.15, 0.2) is 41.1 Å². The van der Waals surface area contributed by atoms with E-state index >= 15 is 0 Å². The minimum Gasteiger partial charge on any atom is -0.435 e. The normalized spacial score (nSPS) is 18.1. The molecule has 3 aromatic rings. The molecule has 2 aromatic heterocycles. The fourth-order valence-corrected chi connectivity index (χ4v) is 3.10. The topological polar surface area (TPSA) is 32.5 Å². The summed E-state index contributed by atoms with van der Waals surface area (Å²) in [6.45, 7) is 6.29. The second-order valence-electron chi connectivity index (χ2n) is 6.02. The van der Waals surface area contributed by atoms with E-state index < -0.39 is 0 Å². The van der Waals surface area contributed by atoms with Gasteiger partial charge in [0.15, 0.2) is 5.58 Å². The molecule has 1 aromatic carbocycles. The first kappa shape index (κ1) is 13.2. The van der Waals surface area contributed by atoms with Crippen molar-refractivity contribution in [1.82, 2.24) is 9.88 Å². The summed E-state index contributed by atoms with van der Waals surface area (Å²) >= 11 is 0. The Morgan fingerprint density at radius 3 is 2.55 bits per heavy atom. The van der Waals surface area contributed by atoms with E-state index in [1.54, 1.807) is 0 Å². The largest absolute Gasteiger partial charge is 0.435 e. The van der Waals surface area contributed by atoms with Gasteiger partial charge in [-0.2, -0.15) is 0 Å². The molecule has 0 fully saturated rings. The van der Waals surface area contributed by atoms with Crippen molar-refractivity contribution < 1.29 is 4.42 Å². The van der Waals surface area contributed by atoms with Gasteiger partial charge >= 0.3 is 0 Å². The van der Waals surface area contributed by atoms with Gasteiger partial charge in [0.1, 0.15) is 6.17 Å². The Labute approximate surface area is 129 Å². The number of anilines is 1. The standard InChI is InChI=1S/C18H19N3O/c1-11-5-7-14-15-8-6-12(2)19-18(15)22-17(14)16(11)21-10-9-20(4)13(21)3/h5-10,13H,1-4H3/t13-/m0/s1. The lowest BCUT2D eigenvalue weighted by Crippen LogP contribution is -2.33. The smallest absolute Gasteiger partial charge is 0.227 e. The van der Waals surface area contributed by atoms with Crippen LogP contribution in [0.5, 0.6) is 0 Å². The third-order valence-corrected chi connectivity index (χ3v) is 4.53. The summed E-state index contributed by atoms with van der Waals surface area (Å²) < 4.78 is 6.14. The van der Waals surface area contributed by atoms with Gasteiger partial charge in [-0.3, -0.25) is 0 Å². The van der Waals surface area contributed by atoms with E-state index in [9.17, 15) is 0 Å². The van der Waals surface area contributed by atoms with E-state index in [0.29, 0.717) is 5.71 Å². The van der Waals surface area contributed by atoms with E-state index in [1.165, 1.54) is 5.56 Å². The van der Waals surface area contributed by atoms with Crippen LogP contribution in [0.4, 0.5) is 5.69 Å². The van der Waals surface area contributed by atoms with Gasteiger partial charge in [-0.1, -0.05) is 12.1 Å². The van der Waals surface area contributed by atoms with Crippen molar-refractivity contribution in [3.05, 3.63) is 47.9 Å². The molecule has 3 heterocycles. The Balaban J connectivity index is 2.03. The monoisotopic (exact) mass is 293 g/mol. The molecule has 4 nitrogen and oxygen atoms in total. The van der Waals surface area contributed by atoms with Crippen molar-refractivity contribution >= 4 is 27.8 Å². The van der Waals surface area contributed by atoms with Crippen LogP contribution >= 0.6 is 0 Å². The van der Waals surface area contributed by atoms with Crippen molar-refractivity contribution in [2.75, 3.05) is 11.9 Å². The number of hydrogen-bond donors (Lipinski definition) is 0. The molecule has 0 N–H and O–H groups in total. The highest BCUT2D eigenvalue weighted by Gasteiger charge is 2.25. The van der Waals surface area contributed by atoms with Crippen molar-refractivity contribution in [1.29, 1.82) is 0 Å². The van der Waals surface area contributed by atoms with E-state index in [-0.39, 0.29) is 6.17 Å². The minimum atomic E-state index is 0.271. The molecule has 112 valence electrons. The zero-order valence-corrected chi connectivity index (χ0v) is 13.3. The number of benzene rings is 1. The van der Waals surface area contributed by atoms with Crippen LogP contribution in [-0.4, -0.2) is 23.1 Å². The number of hydrogen-bond acceptors (Lipinski definition) is 4. The molecule has 0 saturated heterocycles. The lowest BCUT2D eigenvalue weighted by molar-refractivity contribution is 0.383. The summed E-state index contributed by atoms with van der Waals surface area (Å²) in [5, 5.41) is 2.20. The van der Waals surface area contributed by atoms with Crippen LogP contribution in [0.2, 0.25) is 0 Å². The number of aromatic nitrogens is 1. The molecule has 4 heteroatoms. The number of furan rings is 1. The molecule has 4 rings (SSSR count). The summed E-state index contributed by atoms with van der Waals surface area (Å²) in [6, 6.07) is 8.41. The highest BCUT2D eigenvalue weighted by atomic mass is 16.3. The Kier molecular flexibility index (Phi) is 2.70. The van der Waals surface area contributed by atoms with E-state index in [0.717, 1.165) is 27.7 Å². The van der Waals surface area contributed by atoms with Crippen molar-refractivity contribution in [3.8, 4) is 0 Å². The van der Waals surface area contributed by atoms with Crippen molar-refractivity contribution in [2.45, 2.75) is 26.9 Å². The molecule has 0 bridgehead atoms. The lowest BCUT2D eigenvalue weighted by atomic mass is 10.1. The first-order chi connectivity index (χ1) is 10.6. The van der Waals surface area contributed by atoms with E-state index in [1.807, 2.05) is 13.0 Å². The van der Waals surface area contributed by atoms with Gasteiger partial charge in [-0.05, 0) is 38.5 Å². The molecule has 0 saturated carbocycles. The zero-order chi connectivity index (χ0) is 15.4. The van der Waals surface area contributed by atoms with Gasteiger partial charge in [-0.25, -0.2) is 4.98 Å². The molecule has 0 aliphatic carbocycles. The summed E-state index contributed by atoms with van der Waals surface area (Å²) in [5.74, 6) is 0. The fourth-order valence-electron chi connectivity index (χ4n) is 3.10. The SMILES string of the molecule is Cc1ccc2c(n1)oc1c(N3C=CN(C)[C@@H]3C)c(C)ccc12. The van der Waals surface area contributed by atoms with Gasteiger partial charge in [0.2, 0.25) is 5.71 Å². The average Bonchev–Trinajstić information content (AvgIpc) is 3.00. The van der Waals surface area contributed by atoms with Crippen LogP contribution in [-0.2, 0) is 0 Å². The third kappa shape index (κ3) is 1.73. The van der Waals surface area contributed by atoms with Crippen LogP contribution in [0.3, 0.4) is 0 Å².